The molecule has 0 spiro atoms. The summed E-state index contributed by atoms with van der Waals surface area (Å²) in [6, 6.07) is 0. The summed E-state index contributed by atoms with van der Waals surface area (Å²) in [5.41, 5.74) is 2.59. The monoisotopic (exact) mass is 328 g/mol. The Morgan fingerprint density at radius 1 is 1.29 bits per heavy atom. The number of hydrogen-bond acceptors (Lipinski definition) is 2. The van der Waals surface area contributed by atoms with Gasteiger partial charge in [0.1, 0.15) is 0 Å². The molecule has 0 unspecified atom stereocenters. The van der Waals surface area contributed by atoms with Crippen molar-refractivity contribution in [3.63, 3.8) is 0 Å². The van der Waals surface area contributed by atoms with Gasteiger partial charge in [0, 0.05) is 17.3 Å². The van der Waals surface area contributed by atoms with Crippen LogP contribution < -0.4 is 0 Å². The van der Waals surface area contributed by atoms with E-state index >= 15 is 0 Å². The minimum absolute atomic E-state index is 0.0201. The number of fused-ring (bicyclic) bond motifs is 5. The van der Waals surface area contributed by atoms with Gasteiger partial charge in [0.15, 0.2) is 5.78 Å². The van der Waals surface area contributed by atoms with Crippen LogP contribution in [0.1, 0.15) is 72.6 Å². The molecular weight excluding hydrogens is 296 g/mol. The average molecular weight is 328 g/mol. The van der Waals surface area contributed by atoms with Crippen LogP contribution in [0.5, 0.6) is 0 Å². The molecule has 4 aliphatic rings. The van der Waals surface area contributed by atoms with Crippen LogP contribution in [0, 0.1) is 28.6 Å². The first-order valence-electron chi connectivity index (χ1n) is 9.92. The van der Waals surface area contributed by atoms with Crippen molar-refractivity contribution in [1.82, 2.24) is 0 Å². The molecular formula is C22H32O2. The van der Waals surface area contributed by atoms with Gasteiger partial charge in [-0.05, 0) is 62.4 Å². The van der Waals surface area contributed by atoms with E-state index in [1.54, 1.807) is 5.57 Å². The van der Waals surface area contributed by atoms with Crippen LogP contribution in [0.25, 0.3) is 0 Å². The third kappa shape index (κ3) is 1.90. The highest BCUT2D eigenvalue weighted by atomic mass is 16.3. The van der Waals surface area contributed by atoms with Crippen molar-refractivity contribution >= 4 is 5.78 Å². The average Bonchev–Trinajstić information content (AvgIpc) is 2.82. The Balaban J connectivity index is 1.81. The Kier molecular flexibility index (Phi) is 3.50. The lowest BCUT2D eigenvalue weighted by Crippen LogP contribution is -2.52. The minimum atomic E-state index is -0.501. The fraction of sp³-hybridized carbons (Fsp3) is 0.773. The highest BCUT2D eigenvalue weighted by molar-refractivity contribution is 5.92. The molecule has 0 aromatic carbocycles. The number of rotatable bonds is 1. The topological polar surface area (TPSA) is 37.3 Å². The standard InChI is InChI=1S/C22H32O2/c1-5-22(24)11-8-18-19-14(2)12-15-13-16(23)6-9-20(15,3)17(19)7-10-21(18,22)4/h7,13-14,18-19,24H,5-6,8-12H2,1-4H3/t14-,18+,19-,20+,21+,22+/m1/s1. The van der Waals surface area contributed by atoms with E-state index in [1.807, 2.05) is 6.08 Å². The molecule has 0 aromatic heterocycles. The van der Waals surface area contributed by atoms with E-state index in [1.165, 1.54) is 5.57 Å². The van der Waals surface area contributed by atoms with Crippen LogP contribution >= 0.6 is 0 Å². The summed E-state index contributed by atoms with van der Waals surface area (Å²) in [5.74, 6) is 2.06. The van der Waals surface area contributed by atoms with Crippen molar-refractivity contribution in [3.05, 3.63) is 23.3 Å². The largest absolute Gasteiger partial charge is 0.389 e. The summed E-state index contributed by atoms with van der Waals surface area (Å²) in [5, 5.41) is 11.3. The summed E-state index contributed by atoms with van der Waals surface area (Å²) in [6.07, 6.45) is 11.1. The maximum Gasteiger partial charge on any atom is 0.155 e. The van der Waals surface area contributed by atoms with E-state index in [0.717, 1.165) is 38.5 Å². The van der Waals surface area contributed by atoms with E-state index in [9.17, 15) is 9.90 Å². The number of allylic oxidation sites excluding steroid dienone is 4. The molecule has 2 fully saturated rings. The second-order valence-electron chi connectivity index (χ2n) is 9.49. The lowest BCUT2D eigenvalue weighted by atomic mass is 9.48. The lowest BCUT2D eigenvalue weighted by Gasteiger charge is -2.56. The molecule has 1 N–H and O–H groups in total. The summed E-state index contributed by atoms with van der Waals surface area (Å²) in [7, 11) is 0. The van der Waals surface area contributed by atoms with Gasteiger partial charge in [0.25, 0.3) is 0 Å². The molecule has 0 radical (unpaired) electrons. The van der Waals surface area contributed by atoms with E-state index in [-0.39, 0.29) is 10.8 Å². The van der Waals surface area contributed by atoms with E-state index in [0.29, 0.717) is 30.0 Å². The molecule has 0 saturated heterocycles. The number of hydrogen-bond donors (Lipinski definition) is 1. The van der Waals surface area contributed by atoms with Gasteiger partial charge in [-0.3, -0.25) is 4.79 Å². The van der Waals surface area contributed by atoms with Gasteiger partial charge >= 0.3 is 0 Å². The fourth-order valence-corrected chi connectivity index (χ4v) is 6.86. The number of carbonyl (C=O) groups is 1. The molecule has 132 valence electrons. The molecule has 24 heavy (non-hydrogen) atoms. The van der Waals surface area contributed by atoms with E-state index < -0.39 is 5.60 Å². The molecule has 0 amide bonds. The van der Waals surface area contributed by atoms with Gasteiger partial charge in [0.05, 0.1) is 5.60 Å². The molecule has 2 saturated carbocycles. The van der Waals surface area contributed by atoms with Crippen molar-refractivity contribution in [3.8, 4) is 0 Å². The summed E-state index contributed by atoms with van der Waals surface area (Å²) < 4.78 is 0. The van der Waals surface area contributed by atoms with Crippen LogP contribution in [0.4, 0.5) is 0 Å². The van der Waals surface area contributed by atoms with Crippen LogP contribution in [-0.2, 0) is 4.79 Å². The van der Waals surface area contributed by atoms with Gasteiger partial charge in [0.2, 0.25) is 0 Å². The zero-order chi connectivity index (χ0) is 17.3. The fourth-order valence-electron chi connectivity index (χ4n) is 6.86. The molecule has 0 bridgehead atoms. The second kappa shape index (κ2) is 5.06. The zero-order valence-electron chi connectivity index (χ0n) is 15.7. The molecule has 2 heteroatoms. The number of ketones is 1. The SMILES string of the molecule is CC[C@]1(O)CC[C@H]2[C@H]3C(=CC[C@@]21C)[C@@]1(C)CCC(=O)C=C1C[C@H]3C. The first-order chi connectivity index (χ1) is 11.2. The Bertz CT molecular complexity index is 644. The molecule has 6 atom stereocenters. The van der Waals surface area contributed by atoms with Crippen LogP contribution in [-0.4, -0.2) is 16.5 Å². The first kappa shape index (κ1) is 16.6. The van der Waals surface area contributed by atoms with Crippen LogP contribution in [0.2, 0.25) is 0 Å². The third-order valence-corrected chi connectivity index (χ3v) is 8.58. The molecule has 0 aliphatic heterocycles. The van der Waals surface area contributed by atoms with Crippen LogP contribution in [0.15, 0.2) is 23.3 Å². The Hall–Kier alpha value is -0.890. The Morgan fingerprint density at radius 3 is 2.75 bits per heavy atom. The Labute approximate surface area is 146 Å². The highest BCUT2D eigenvalue weighted by Crippen LogP contribution is 2.67. The quantitative estimate of drug-likeness (QED) is 0.700. The first-order valence-corrected chi connectivity index (χ1v) is 9.92. The maximum absolute atomic E-state index is 12.0. The summed E-state index contributed by atoms with van der Waals surface area (Å²) in [6.45, 7) is 9.23. The van der Waals surface area contributed by atoms with Crippen molar-refractivity contribution in [1.29, 1.82) is 0 Å². The summed E-state index contributed by atoms with van der Waals surface area (Å²) >= 11 is 0. The lowest BCUT2D eigenvalue weighted by molar-refractivity contribution is -0.116. The van der Waals surface area contributed by atoms with Gasteiger partial charge in [-0.15, -0.1) is 0 Å². The minimum Gasteiger partial charge on any atom is -0.389 e. The molecule has 2 nitrogen and oxygen atoms in total. The second-order valence-corrected chi connectivity index (χ2v) is 9.49. The van der Waals surface area contributed by atoms with Crippen molar-refractivity contribution in [2.24, 2.45) is 28.6 Å². The van der Waals surface area contributed by atoms with Gasteiger partial charge in [-0.2, -0.15) is 0 Å². The number of aliphatic hydroxyl groups is 1. The van der Waals surface area contributed by atoms with Gasteiger partial charge in [-0.25, -0.2) is 0 Å². The zero-order valence-corrected chi connectivity index (χ0v) is 15.7. The maximum atomic E-state index is 12.0. The van der Waals surface area contributed by atoms with Gasteiger partial charge < -0.3 is 5.11 Å². The molecule has 4 aliphatic carbocycles. The van der Waals surface area contributed by atoms with Crippen molar-refractivity contribution in [2.45, 2.75) is 78.2 Å². The van der Waals surface area contributed by atoms with Crippen LogP contribution in [0.3, 0.4) is 0 Å². The smallest absolute Gasteiger partial charge is 0.155 e. The van der Waals surface area contributed by atoms with Crippen molar-refractivity contribution < 1.29 is 9.90 Å². The summed E-state index contributed by atoms with van der Waals surface area (Å²) in [4.78, 5) is 12.0. The number of carbonyl (C=O) groups excluding carboxylic acids is 1. The third-order valence-electron chi connectivity index (χ3n) is 8.58. The van der Waals surface area contributed by atoms with E-state index in [2.05, 4.69) is 33.8 Å². The predicted molar refractivity (Wildman–Crippen MR) is 96.5 cm³/mol. The molecule has 0 heterocycles. The Morgan fingerprint density at radius 2 is 2.04 bits per heavy atom. The molecule has 0 aromatic rings. The van der Waals surface area contributed by atoms with Gasteiger partial charge in [-0.1, -0.05) is 44.9 Å². The molecule has 4 rings (SSSR count). The van der Waals surface area contributed by atoms with Crippen molar-refractivity contribution in [2.75, 3.05) is 0 Å². The predicted octanol–water partition coefficient (Wildman–Crippen LogP) is 4.83. The normalized spacial score (nSPS) is 50.5. The highest BCUT2D eigenvalue weighted by Gasteiger charge is 2.62. The van der Waals surface area contributed by atoms with E-state index in [4.69, 9.17) is 0 Å².